The quantitative estimate of drug-likeness (QED) is 0.529. The largest absolute Gasteiger partial charge is 0.357 e. The summed E-state index contributed by atoms with van der Waals surface area (Å²) in [6.45, 7) is 10.7. The Labute approximate surface area is 139 Å². The molecule has 1 heterocycles. The van der Waals surface area contributed by atoms with Crippen LogP contribution < -0.4 is 10.6 Å². The SMILES string of the molecule is CCNC(=NCCS(=O)(=O)N1CCSCC1)NC(C)C(C)C. The van der Waals surface area contributed by atoms with Crippen LogP contribution in [0.25, 0.3) is 0 Å². The Balaban J connectivity index is 2.54. The lowest BCUT2D eigenvalue weighted by atomic mass is 10.1. The fourth-order valence-corrected chi connectivity index (χ4v) is 4.38. The Bertz CT molecular complexity index is 446. The Morgan fingerprint density at radius 2 is 1.91 bits per heavy atom. The molecule has 0 radical (unpaired) electrons. The van der Waals surface area contributed by atoms with Crippen LogP contribution in [0.4, 0.5) is 0 Å². The molecular formula is C14H30N4O2S2. The molecule has 0 saturated carbocycles. The molecule has 0 spiro atoms. The van der Waals surface area contributed by atoms with E-state index in [9.17, 15) is 8.42 Å². The monoisotopic (exact) mass is 350 g/mol. The molecule has 0 aromatic rings. The van der Waals surface area contributed by atoms with Gasteiger partial charge >= 0.3 is 0 Å². The summed E-state index contributed by atoms with van der Waals surface area (Å²) in [5.74, 6) is 3.02. The maximum atomic E-state index is 12.3. The molecule has 0 aromatic heterocycles. The number of nitrogens with zero attached hydrogens (tertiary/aromatic N) is 2. The van der Waals surface area contributed by atoms with E-state index in [1.165, 1.54) is 0 Å². The van der Waals surface area contributed by atoms with E-state index in [2.05, 4.69) is 36.4 Å². The van der Waals surface area contributed by atoms with Crippen molar-refractivity contribution in [2.24, 2.45) is 10.9 Å². The first-order chi connectivity index (χ1) is 10.4. The summed E-state index contributed by atoms with van der Waals surface area (Å²) >= 11 is 1.81. The topological polar surface area (TPSA) is 73.8 Å². The number of sulfonamides is 1. The summed E-state index contributed by atoms with van der Waals surface area (Å²) in [6, 6.07) is 0.286. The molecule has 0 bridgehead atoms. The van der Waals surface area contributed by atoms with Crippen LogP contribution in [0.15, 0.2) is 4.99 Å². The van der Waals surface area contributed by atoms with Gasteiger partial charge in [0.05, 0.1) is 12.3 Å². The summed E-state index contributed by atoms with van der Waals surface area (Å²) in [5.41, 5.74) is 0. The predicted octanol–water partition coefficient (Wildman–Crippen LogP) is 0.965. The minimum atomic E-state index is -3.18. The highest BCUT2D eigenvalue weighted by Crippen LogP contribution is 2.13. The van der Waals surface area contributed by atoms with Gasteiger partial charge in [-0.25, -0.2) is 12.7 Å². The van der Waals surface area contributed by atoms with Gasteiger partial charge in [-0.2, -0.15) is 11.8 Å². The van der Waals surface area contributed by atoms with Crippen molar-refractivity contribution in [3.63, 3.8) is 0 Å². The van der Waals surface area contributed by atoms with E-state index in [0.717, 1.165) is 18.1 Å². The van der Waals surface area contributed by atoms with E-state index in [1.807, 2.05) is 6.92 Å². The van der Waals surface area contributed by atoms with Crippen LogP contribution in [0.3, 0.4) is 0 Å². The maximum Gasteiger partial charge on any atom is 0.215 e. The molecule has 2 N–H and O–H groups in total. The molecule has 130 valence electrons. The van der Waals surface area contributed by atoms with Crippen LogP contribution in [0.1, 0.15) is 27.7 Å². The molecule has 1 unspecified atom stereocenters. The molecule has 0 aromatic carbocycles. The first-order valence-electron chi connectivity index (χ1n) is 7.97. The lowest BCUT2D eigenvalue weighted by Crippen LogP contribution is -2.44. The number of aliphatic imine (C=N–C) groups is 1. The molecule has 0 amide bonds. The Hall–Kier alpha value is -0.470. The Morgan fingerprint density at radius 3 is 2.45 bits per heavy atom. The van der Waals surface area contributed by atoms with E-state index in [4.69, 9.17) is 0 Å². The average Bonchev–Trinajstić information content (AvgIpc) is 2.48. The normalized spacial score (nSPS) is 19.2. The number of thioether (sulfide) groups is 1. The second-order valence-electron chi connectivity index (χ2n) is 5.77. The first-order valence-corrected chi connectivity index (χ1v) is 10.7. The van der Waals surface area contributed by atoms with Crippen LogP contribution in [0.2, 0.25) is 0 Å². The van der Waals surface area contributed by atoms with Crippen molar-refractivity contribution in [2.45, 2.75) is 33.7 Å². The summed E-state index contributed by atoms with van der Waals surface area (Å²) in [4.78, 5) is 4.40. The van der Waals surface area contributed by atoms with Gasteiger partial charge in [-0.1, -0.05) is 13.8 Å². The first kappa shape index (κ1) is 19.6. The Kier molecular flexibility index (Phi) is 8.56. The van der Waals surface area contributed by atoms with Crippen LogP contribution in [0, 0.1) is 5.92 Å². The molecular weight excluding hydrogens is 320 g/mol. The fraction of sp³-hybridized carbons (Fsp3) is 0.929. The van der Waals surface area contributed by atoms with Crippen LogP contribution in [-0.2, 0) is 10.0 Å². The minimum Gasteiger partial charge on any atom is -0.357 e. The maximum absolute atomic E-state index is 12.3. The van der Waals surface area contributed by atoms with Gasteiger partial charge in [-0.15, -0.1) is 0 Å². The minimum absolute atomic E-state index is 0.0737. The van der Waals surface area contributed by atoms with Crippen molar-refractivity contribution in [2.75, 3.05) is 43.4 Å². The summed E-state index contributed by atoms with van der Waals surface area (Å²) in [5, 5.41) is 6.47. The number of hydrogen-bond acceptors (Lipinski definition) is 4. The summed E-state index contributed by atoms with van der Waals surface area (Å²) in [7, 11) is -3.18. The van der Waals surface area contributed by atoms with Gasteiger partial charge in [0.1, 0.15) is 0 Å². The van der Waals surface area contributed by atoms with Crippen molar-refractivity contribution >= 4 is 27.7 Å². The van der Waals surface area contributed by atoms with Crippen molar-refractivity contribution in [3.05, 3.63) is 0 Å². The third-order valence-corrected chi connectivity index (χ3v) is 6.48. The van der Waals surface area contributed by atoms with Gasteiger partial charge in [0, 0.05) is 37.2 Å². The van der Waals surface area contributed by atoms with Gasteiger partial charge in [0.25, 0.3) is 0 Å². The molecule has 1 fully saturated rings. The predicted molar refractivity (Wildman–Crippen MR) is 96.1 cm³/mol. The van der Waals surface area contributed by atoms with Gasteiger partial charge < -0.3 is 10.6 Å². The average molecular weight is 351 g/mol. The standard InChI is InChI=1S/C14H30N4O2S2/c1-5-15-14(17-13(4)12(2)3)16-6-11-22(19,20)18-7-9-21-10-8-18/h12-13H,5-11H2,1-4H3,(H2,15,16,17). The van der Waals surface area contributed by atoms with Crippen molar-refractivity contribution in [1.82, 2.24) is 14.9 Å². The molecule has 6 nitrogen and oxygen atoms in total. The summed E-state index contributed by atoms with van der Waals surface area (Å²) < 4.78 is 26.1. The number of nitrogens with one attached hydrogen (secondary N) is 2. The van der Waals surface area contributed by atoms with Crippen LogP contribution >= 0.6 is 11.8 Å². The van der Waals surface area contributed by atoms with Crippen molar-refractivity contribution in [3.8, 4) is 0 Å². The van der Waals surface area contributed by atoms with Gasteiger partial charge in [0.2, 0.25) is 10.0 Å². The smallest absolute Gasteiger partial charge is 0.215 e. The number of hydrogen-bond donors (Lipinski definition) is 2. The van der Waals surface area contributed by atoms with Crippen molar-refractivity contribution in [1.29, 1.82) is 0 Å². The van der Waals surface area contributed by atoms with E-state index < -0.39 is 10.0 Å². The van der Waals surface area contributed by atoms with E-state index >= 15 is 0 Å². The van der Waals surface area contributed by atoms with Crippen LogP contribution in [0.5, 0.6) is 0 Å². The molecule has 1 rings (SSSR count). The highest BCUT2D eigenvalue weighted by Gasteiger charge is 2.23. The number of guanidine groups is 1. The second-order valence-corrected chi connectivity index (χ2v) is 9.08. The molecule has 0 aliphatic carbocycles. The summed E-state index contributed by atoms with van der Waals surface area (Å²) in [6.07, 6.45) is 0. The molecule has 1 aliphatic rings. The lowest BCUT2D eigenvalue weighted by Gasteiger charge is -2.25. The van der Waals surface area contributed by atoms with E-state index in [0.29, 0.717) is 25.0 Å². The third kappa shape index (κ3) is 6.75. The Morgan fingerprint density at radius 1 is 1.27 bits per heavy atom. The highest BCUT2D eigenvalue weighted by molar-refractivity contribution is 7.99. The molecule has 8 heteroatoms. The zero-order chi connectivity index (χ0) is 16.6. The third-order valence-electron chi connectivity index (χ3n) is 3.69. The van der Waals surface area contributed by atoms with Gasteiger partial charge in [-0.3, -0.25) is 4.99 Å². The highest BCUT2D eigenvalue weighted by atomic mass is 32.2. The molecule has 1 aliphatic heterocycles. The van der Waals surface area contributed by atoms with E-state index in [1.54, 1.807) is 16.1 Å². The van der Waals surface area contributed by atoms with E-state index in [-0.39, 0.29) is 18.3 Å². The molecule has 1 saturated heterocycles. The van der Waals surface area contributed by atoms with Crippen molar-refractivity contribution < 1.29 is 8.42 Å². The lowest BCUT2D eigenvalue weighted by molar-refractivity contribution is 0.443. The molecule has 22 heavy (non-hydrogen) atoms. The van der Waals surface area contributed by atoms with Gasteiger partial charge in [-0.05, 0) is 19.8 Å². The molecule has 1 atom stereocenters. The zero-order valence-corrected chi connectivity index (χ0v) is 15.8. The second kappa shape index (κ2) is 9.62. The van der Waals surface area contributed by atoms with Crippen LogP contribution in [-0.4, -0.2) is 68.2 Å². The fourth-order valence-electron chi connectivity index (χ4n) is 1.93. The van der Waals surface area contributed by atoms with Gasteiger partial charge in [0.15, 0.2) is 5.96 Å². The number of rotatable bonds is 7. The zero-order valence-electron chi connectivity index (χ0n) is 14.1.